The Morgan fingerprint density at radius 3 is 0.983 bits per heavy atom. The number of piperazine rings is 3. The lowest BCUT2D eigenvalue weighted by atomic mass is 9.99. The fraction of sp³-hybridized carbons (Fsp3) is 0.394. The first-order valence-corrected chi connectivity index (χ1v) is 41.7. The highest BCUT2D eigenvalue weighted by Gasteiger charge is 2.36. The van der Waals surface area contributed by atoms with E-state index in [1.807, 2.05) is 164 Å². The number of carbonyl (C=O) groups excluding carboxylic acids is 3. The van der Waals surface area contributed by atoms with E-state index in [-0.39, 0.29) is 79.4 Å². The van der Waals surface area contributed by atoms with Gasteiger partial charge in [-0.1, -0.05) is 60.7 Å². The van der Waals surface area contributed by atoms with Crippen molar-refractivity contribution in [3.63, 3.8) is 0 Å². The van der Waals surface area contributed by atoms with Crippen LogP contribution < -0.4 is 45.3 Å². The lowest BCUT2D eigenvalue weighted by Crippen LogP contribution is -2.56. The molecular formula is C94H108F2N18O6. The Morgan fingerprint density at radius 2 is 0.692 bits per heavy atom. The molecule has 26 heteroatoms. The molecule has 24 nitrogen and oxygen atoms in total. The van der Waals surface area contributed by atoms with Crippen LogP contribution in [0.4, 0.5) is 60.4 Å². The third kappa shape index (κ3) is 20.1. The number of hydrogen-bond acceptors (Lipinski definition) is 21. The van der Waals surface area contributed by atoms with Crippen LogP contribution in [0, 0.1) is 94.1 Å². The number of rotatable bonds is 18. The van der Waals surface area contributed by atoms with E-state index in [0.29, 0.717) is 110 Å². The van der Waals surface area contributed by atoms with Gasteiger partial charge in [0.25, 0.3) is 17.7 Å². The molecule has 9 aromatic rings. The van der Waals surface area contributed by atoms with Crippen molar-refractivity contribution in [3.05, 3.63) is 248 Å². The number of halogens is 2. The van der Waals surface area contributed by atoms with Crippen molar-refractivity contribution in [1.82, 2.24) is 29.7 Å². The minimum atomic E-state index is -0.381. The first-order chi connectivity index (χ1) is 58.1. The third-order valence-corrected chi connectivity index (χ3v) is 24.2. The Labute approximate surface area is 702 Å². The number of aliphatic hydroxyl groups is 3. The Hall–Kier alpha value is -12.4. The molecule has 6 N–H and O–H groups in total. The first kappa shape index (κ1) is 85.5. The smallest absolute Gasteiger partial charge is 0.254 e. The van der Waals surface area contributed by atoms with Gasteiger partial charge < -0.3 is 75.4 Å². The molecule has 0 bridgehead atoms. The first-order valence-electron chi connectivity index (χ1n) is 41.7. The fourth-order valence-electron chi connectivity index (χ4n) is 17.5. The Morgan fingerprint density at radius 1 is 0.383 bits per heavy atom. The van der Waals surface area contributed by atoms with E-state index in [1.165, 1.54) is 36.7 Å². The zero-order valence-corrected chi connectivity index (χ0v) is 69.6. The molecule has 15 rings (SSSR count). The molecule has 6 fully saturated rings. The monoisotopic (exact) mass is 1620 g/mol. The number of anilines is 9. The molecule has 3 atom stereocenters. The van der Waals surface area contributed by atoms with Crippen LogP contribution in [0.15, 0.2) is 164 Å². The molecule has 6 aliphatic heterocycles. The molecule has 1 unspecified atom stereocenters. The summed E-state index contributed by atoms with van der Waals surface area (Å²) in [5.41, 5.74) is 16.9. The van der Waals surface area contributed by atoms with Gasteiger partial charge in [-0.05, 0) is 199 Å². The highest BCUT2D eigenvalue weighted by atomic mass is 19.1. The number of amides is 3. The summed E-state index contributed by atoms with van der Waals surface area (Å²) in [4.78, 5) is 72.3. The van der Waals surface area contributed by atoms with E-state index < -0.39 is 0 Å². The van der Waals surface area contributed by atoms with Gasteiger partial charge in [-0.25, -0.2) is 23.7 Å². The lowest BCUT2D eigenvalue weighted by molar-refractivity contribution is 0.0690. The van der Waals surface area contributed by atoms with Gasteiger partial charge in [0.05, 0.1) is 71.7 Å². The van der Waals surface area contributed by atoms with Crippen LogP contribution in [0.5, 0.6) is 0 Å². The molecule has 9 heterocycles. The fourth-order valence-corrected chi connectivity index (χ4v) is 17.5. The van der Waals surface area contributed by atoms with E-state index in [2.05, 4.69) is 95.5 Å². The molecule has 0 radical (unpaired) electrons. The minimum Gasteiger partial charge on any atom is -0.394 e. The highest BCUT2D eigenvalue weighted by Crippen LogP contribution is 2.35. The number of aryl methyl sites for hydroxylation is 7. The number of pyridine rings is 3. The maximum Gasteiger partial charge on any atom is 0.254 e. The predicted octanol–water partition coefficient (Wildman–Crippen LogP) is 12.5. The zero-order chi connectivity index (χ0) is 84.7. The summed E-state index contributed by atoms with van der Waals surface area (Å²) in [6.07, 6.45) is 8.41. The number of hydrogen-bond donors (Lipinski definition) is 6. The van der Waals surface area contributed by atoms with Crippen LogP contribution in [0.1, 0.15) is 125 Å². The lowest BCUT2D eigenvalue weighted by Gasteiger charge is -2.41. The summed E-state index contributed by atoms with van der Waals surface area (Å²) in [6.45, 7) is 22.9. The molecule has 3 amide bonds. The summed E-state index contributed by atoms with van der Waals surface area (Å²) in [5.74, 6) is 0.853. The van der Waals surface area contributed by atoms with Gasteiger partial charge in [-0.3, -0.25) is 14.4 Å². The summed E-state index contributed by atoms with van der Waals surface area (Å²) in [7, 11) is 0. The second-order valence-electron chi connectivity index (χ2n) is 32.2. The quantitative estimate of drug-likeness (QED) is 0.0465. The van der Waals surface area contributed by atoms with Crippen LogP contribution in [0.25, 0.3) is 0 Å². The van der Waals surface area contributed by atoms with Crippen LogP contribution >= 0.6 is 0 Å². The van der Waals surface area contributed by atoms with Crippen molar-refractivity contribution in [2.45, 2.75) is 123 Å². The van der Waals surface area contributed by atoms with E-state index >= 15 is 0 Å². The van der Waals surface area contributed by atoms with Crippen molar-refractivity contribution in [3.8, 4) is 18.2 Å². The number of para-hydroxylation sites is 3. The van der Waals surface area contributed by atoms with Crippen LogP contribution in [-0.2, 0) is 0 Å². The van der Waals surface area contributed by atoms with Crippen LogP contribution in [0.3, 0.4) is 0 Å². The number of benzene rings is 6. The van der Waals surface area contributed by atoms with Crippen molar-refractivity contribution in [2.24, 2.45) is 0 Å². The maximum atomic E-state index is 13.8. The topological polar surface area (TPSA) is 287 Å². The van der Waals surface area contributed by atoms with Gasteiger partial charge in [0, 0.05) is 180 Å². The number of nitrogens with zero attached hydrogens (tertiary/aromatic N) is 15. The van der Waals surface area contributed by atoms with Crippen molar-refractivity contribution >= 4 is 69.3 Å². The number of piperidine rings is 3. The van der Waals surface area contributed by atoms with E-state index in [0.717, 1.165) is 157 Å². The van der Waals surface area contributed by atoms with Crippen molar-refractivity contribution in [2.75, 3.05) is 163 Å². The van der Waals surface area contributed by atoms with E-state index in [1.54, 1.807) is 9.80 Å². The second-order valence-corrected chi connectivity index (χ2v) is 32.2. The zero-order valence-electron chi connectivity index (χ0n) is 69.6. The second kappa shape index (κ2) is 39.4. The van der Waals surface area contributed by atoms with Crippen molar-refractivity contribution < 1.29 is 38.5 Å². The molecule has 6 saturated heterocycles. The minimum absolute atomic E-state index is 0.00113. The number of carbonyl (C=O) groups is 3. The SMILES string of the molecule is Cc1cc(C)c(C(=O)N2CCN(c3cc(F)ccn3)[C@@H](CO)C2)cc1NC1CCN(c2ccccc2C#N)CC1.Cc1cc(C)c(C(=O)N2CCN(c3cc(F)ccn3)[C@H](CO)C2)cc1NC1CCN(c2ccccc2C#N)CC1.Cc1cccc(N2CCN(C(=O)c3cc(NC4CCN(c5ccccc5C#N)CC4)c(C)cc3C)CC2CO)n1. The van der Waals surface area contributed by atoms with Gasteiger partial charge in [0.2, 0.25) is 0 Å². The molecule has 0 spiro atoms. The van der Waals surface area contributed by atoms with Crippen LogP contribution in [0.2, 0.25) is 0 Å². The summed E-state index contributed by atoms with van der Waals surface area (Å²) in [5, 5.41) is 69.8. The van der Waals surface area contributed by atoms with Crippen LogP contribution in [-0.4, -0.2) is 217 Å². The molecule has 120 heavy (non-hydrogen) atoms. The molecule has 624 valence electrons. The van der Waals surface area contributed by atoms with Gasteiger partial charge in [0.1, 0.15) is 47.3 Å². The molecule has 6 aromatic carbocycles. The third-order valence-electron chi connectivity index (χ3n) is 24.2. The molecular weight excluding hydrogens is 1520 g/mol. The largest absolute Gasteiger partial charge is 0.394 e. The average Bonchev–Trinajstić information content (AvgIpc) is 0.779. The number of nitriles is 3. The van der Waals surface area contributed by atoms with Gasteiger partial charge in [0.15, 0.2) is 0 Å². The Bertz CT molecular complexity index is 4750. The summed E-state index contributed by atoms with van der Waals surface area (Å²) < 4.78 is 27.6. The summed E-state index contributed by atoms with van der Waals surface area (Å²) in [6, 6.07) is 53.3. The Balaban J connectivity index is 0.000000156. The number of nitrogens with one attached hydrogen (secondary N) is 3. The molecule has 0 aliphatic carbocycles. The molecule has 3 aromatic heterocycles. The molecule has 0 saturated carbocycles. The number of aromatic nitrogens is 3. The standard InChI is InChI=1S/C32H38N6O2.2C31H35FN6O2/c1-22-17-23(2)29(35-26-11-13-36(14-12-26)30-9-5-4-8-25(30)19-33)18-28(22)32(40)37-15-16-38(27(20-37)21-39)31-10-6-7-24(3)34-31;2*1-21-15-22(2)28(35-25-8-11-36(12-9-25)29-6-4-3-5-23(29)18-33)17-27(21)31(40)37-13-14-38(26(19-37)20-39)30-16-24(32)7-10-34-30/h4-10,17-18,26-27,35,39H,11-16,20-21H2,1-3H3;2*3-7,10,15-17,25-26,35,39H,8-9,11-14,19-20H2,1-2H3/t;2*26-/m.10/s1. The Kier molecular flexibility index (Phi) is 28.1. The van der Waals surface area contributed by atoms with Gasteiger partial charge in [-0.15, -0.1) is 0 Å². The predicted molar refractivity (Wildman–Crippen MR) is 468 cm³/mol. The molecule has 6 aliphatic rings. The highest BCUT2D eigenvalue weighted by molar-refractivity contribution is 5.99. The average molecular weight is 1620 g/mol. The maximum absolute atomic E-state index is 13.8. The van der Waals surface area contributed by atoms with Gasteiger partial charge >= 0.3 is 0 Å². The van der Waals surface area contributed by atoms with Crippen molar-refractivity contribution in [1.29, 1.82) is 15.8 Å². The van der Waals surface area contributed by atoms with Gasteiger partial charge in [-0.2, -0.15) is 15.8 Å². The van der Waals surface area contributed by atoms with E-state index in [4.69, 9.17) is 0 Å². The van der Waals surface area contributed by atoms with E-state index in [9.17, 15) is 54.3 Å². The summed E-state index contributed by atoms with van der Waals surface area (Å²) >= 11 is 0. The number of aliphatic hydroxyl groups excluding tert-OH is 3. The normalized spacial score (nSPS) is 18.0.